The van der Waals surface area contributed by atoms with Crippen molar-refractivity contribution in [2.45, 2.75) is 12.8 Å². The fourth-order valence-electron chi connectivity index (χ4n) is 2.58. The van der Waals surface area contributed by atoms with Crippen LogP contribution in [0.5, 0.6) is 0 Å². The van der Waals surface area contributed by atoms with Gasteiger partial charge < -0.3 is 0 Å². The molecule has 0 unspecified atom stereocenters. The van der Waals surface area contributed by atoms with Crippen LogP contribution in [0.1, 0.15) is 44.6 Å². The Hall–Kier alpha value is -2.34. The van der Waals surface area contributed by atoms with Crippen LogP contribution in [-0.2, 0) is 0 Å². The molecule has 0 N–H and O–H groups in total. The van der Waals surface area contributed by atoms with Gasteiger partial charge in [0.25, 0.3) is 0 Å². The lowest BCUT2D eigenvalue weighted by molar-refractivity contribution is 0.997. The Kier molecular flexibility index (Phi) is 0.999. The third-order valence-corrected chi connectivity index (χ3v) is 3.46. The number of hydrogen-bond acceptors (Lipinski definition) is 0. The van der Waals surface area contributed by atoms with E-state index in [2.05, 4.69) is 0 Å². The number of hydrogen-bond donors (Lipinski definition) is 0. The van der Waals surface area contributed by atoms with Crippen molar-refractivity contribution in [1.29, 1.82) is 0 Å². The van der Waals surface area contributed by atoms with Crippen LogP contribution in [-0.4, -0.2) is 0 Å². The molecule has 0 aliphatic heterocycles. The molecular weight excluding hydrogens is 240 g/mol. The quantitative estimate of drug-likeness (QED) is 0.447. The van der Waals surface area contributed by atoms with Crippen LogP contribution in [0.3, 0.4) is 0 Å². The zero-order valence-corrected chi connectivity index (χ0v) is 10.6. The third kappa shape index (κ3) is 1.55. The predicted octanol–water partition coefficient (Wildman–Crippen LogP) is 5.16. The minimum atomic E-state index is -1.22. The summed E-state index contributed by atoms with van der Waals surface area (Å²) in [5.41, 5.74) is -0.0347. The summed E-state index contributed by atoms with van der Waals surface area (Å²) >= 11 is 0. The fourth-order valence-corrected chi connectivity index (χ4v) is 2.58. The van der Waals surface area contributed by atoms with E-state index < -0.39 is 72.4 Å². The number of benzene rings is 3. The zero-order valence-electron chi connectivity index (χ0n) is 22.6. The standard InChI is InChI=1S/C20H16/c1-14-8-2-3-9-15(14)20-18-12-6-4-10-16(18)17-11-5-7-13-19(17)20/h2-13,20H,1H3/i2D,3D,4D,5D,6D,7D,8D,9D,10D,11D,12D,13D. The van der Waals surface area contributed by atoms with E-state index in [-0.39, 0.29) is 39.4 Å². The number of fused-ring (bicyclic) bond motifs is 3. The molecule has 0 atom stereocenters. The second-order valence-corrected chi connectivity index (χ2v) is 4.55. The minimum Gasteiger partial charge on any atom is -0.0620 e. The van der Waals surface area contributed by atoms with E-state index in [1.165, 1.54) is 6.92 Å². The first-order valence-electron chi connectivity index (χ1n) is 12.1. The maximum atomic E-state index is 8.51. The Labute approximate surface area is 136 Å². The SMILES string of the molecule is [2H]c1c([2H])c([2H])c(C2c3c([2H])c([2H])c([2H])c([2H])c3-c3c([2H])c([2H])c([2H])c([2H])c32)c(C)c1[2H]. The van der Waals surface area contributed by atoms with Crippen molar-refractivity contribution < 1.29 is 16.4 Å². The van der Waals surface area contributed by atoms with Gasteiger partial charge in [-0.2, -0.15) is 0 Å². The first-order chi connectivity index (χ1) is 14.8. The van der Waals surface area contributed by atoms with Crippen LogP contribution in [0.15, 0.2) is 72.5 Å². The van der Waals surface area contributed by atoms with Crippen molar-refractivity contribution in [2.75, 3.05) is 0 Å². The summed E-state index contributed by atoms with van der Waals surface area (Å²) in [5.74, 6) is -1.22. The van der Waals surface area contributed by atoms with Gasteiger partial charge in [-0.25, -0.2) is 0 Å². The van der Waals surface area contributed by atoms with E-state index in [0.717, 1.165) is 0 Å². The Bertz CT molecular complexity index is 1260. The highest BCUT2D eigenvalue weighted by Gasteiger charge is 2.29. The second-order valence-electron chi connectivity index (χ2n) is 4.55. The molecule has 3 aromatic carbocycles. The minimum absolute atomic E-state index is 0.0195. The van der Waals surface area contributed by atoms with Crippen molar-refractivity contribution in [3.8, 4) is 11.1 Å². The fraction of sp³-hybridized carbons (Fsp3) is 0.100. The Morgan fingerprint density at radius 3 is 1.70 bits per heavy atom. The molecule has 0 saturated carbocycles. The molecule has 3 aromatic rings. The molecule has 0 radical (unpaired) electrons. The largest absolute Gasteiger partial charge is 0.0629 e. The lowest BCUT2D eigenvalue weighted by Crippen LogP contribution is -2.01. The van der Waals surface area contributed by atoms with Crippen molar-refractivity contribution >= 4 is 0 Å². The first-order valence-corrected chi connectivity index (χ1v) is 6.12. The molecule has 1 aliphatic carbocycles. The van der Waals surface area contributed by atoms with E-state index in [1.807, 2.05) is 0 Å². The molecule has 0 bridgehead atoms. The lowest BCUT2D eigenvalue weighted by Gasteiger charge is -2.16. The van der Waals surface area contributed by atoms with Crippen LogP contribution in [0.25, 0.3) is 11.1 Å². The van der Waals surface area contributed by atoms with Gasteiger partial charge in [0, 0.05) is 5.92 Å². The van der Waals surface area contributed by atoms with Crippen LogP contribution in [0.2, 0.25) is 0 Å². The van der Waals surface area contributed by atoms with Gasteiger partial charge in [0.2, 0.25) is 0 Å². The molecule has 96 valence electrons. The third-order valence-electron chi connectivity index (χ3n) is 3.46. The molecule has 1 aliphatic rings. The monoisotopic (exact) mass is 268 g/mol. The van der Waals surface area contributed by atoms with E-state index in [9.17, 15) is 0 Å². The van der Waals surface area contributed by atoms with Gasteiger partial charge in [-0.15, -0.1) is 0 Å². The highest BCUT2D eigenvalue weighted by molar-refractivity contribution is 5.80. The molecule has 0 fully saturated rings. The van der Waals surface area contributed by atoms with Crippen LogP contribution in [0.4, 0.5) is 0 Å². The van der Waals surface area contributed by atoms with Gasteiger partial charge in [0.05, 0.1) is 16.4 Å². The smallest absolute Gasteiger partial charge is 0.0620 e. The van der Waals surface area contributed by atoms with Gasteiger partial charge in [0.1, 0.15) is 0 Å². The van der Waals surface area contributed by atoms with Crippen molar-refractivity contribution in [1.82, 2.24) is 0 Å². The second kappa shape index (κ2) is 4.35. The van der Waals surface area contributed by atoms with Crippen LogP contribution in [0, 0.1) is 6.92 Å². The topological polar surface area (TPSA) is 0 Å². The molecule has 20 heavy (non-hydrogen) atoms. The Morgan fingerprint density at radius 2 is 1.10 bits per heavy atom. The van der Waals surface area contributed by atoms with E-state index in [0.29, 0.717) is 0 Å². The van der Waals surface area contributed by atoms with E-state index in [4.69, 9.17) is 16.4 Å². The molecule has 0 heteroatoms. The van der Waals surface area contributed by atoms with Crippen molar-refractivity contribution in [3.05, 3.63) is 94.8 Å². The number of rotatable bonds is 1. The molecule has 0 heterocycles. The van der Waals surface area contributed by atoms with E-state index >= 15 is 0 Å². The average molecular weight is 268 g/mol. The summed E-state index contributed by atoms with van der Waals surface area (Å²) < 4.78 is 98.9. The highest BCUT2D eigenvalue weighted by atomic mass is 14.3. The molecule has 0 aromatic heterocycles. The molecular formula is C20H16. The summed E-state index contributed by atoms with van der Waals surface area (Å²) in [4.78, 5) is 0. The lowest BCUT2D eigenvalue weighted by atomic mass is 9.87. The average Bonchev–Trinajstić information content (AvgIpc) is 3.12. The zero-order chi connectivity index (χ0) is 24.0. The van der Waals surface area contributed by atoms with Crippen molar-refractivity contribution in [3.63, 3.8) is 0 Å². The van der Waals surface area contributed by atoms with Gasteiger partial charge in [-0.3, -0.25) is 0 Å². The summed E-state index contributed by atoms with van der Waals surface area (Å²) in [6.07, 6.45) is 0. The van der Waals surface area contributed by atoms with Crippen molar-refractivity contribution in [2.24, 2.45) is 0 Å². The van der Waals surface area contributed by atoms with Gasteiger partial charge in [-0.05, 0) is 40.3 Å². The van der Waals surface area contributed by atoms with Crippen LogP contribution < -0.4 is 0 Å². The molecule has 0 saturated heterocycles. The Balaban J connectivity index is 2.31. The Morgan fingerprint density at radius 1 is 0.650 bits per heavy atom. The normalized spacial score (nSPS) is 21.4. The van der Waals surface area contributed by atoms with Gasteiger partial charge in [-0.1, -0.05) is 72.5 Å². The predicted molar refractivity (Wildman–Crippen MR) is 84.0 cm³/mol. The van der Waals surface area contributed by atoms with Crippen LogP contribution >= 0.6 is 0 Å². The maximum absolute atomic E-state index is 8.51. The molecule has 0 nitrogen and oxygen atoms in total. The summed E-state index contributed by atoms with van der Waals surface area (Å²) in [5, 5.41) is 0. The molecule has 0 amide bonds. The molecule has 0 spiro atoms. The van der Waals surface area contributed by atoms with E-state index in [1.54, 1.807) is 0 Å². The summed E-state index contributed by atoms with van der Waals surface area (Å²) in [6.45, 7) is 1.46. The highest BCUT2D eigenvalue weighted by Crippen LogP contribution is 2.48. The maximum Gasteiger partial charge on any atom is 0.0629 e. The van der Waals surface area contributed by atoms with Gasteiger partial charge >= 0.3 is 0 Å². The summed E-state index contributed by atoms with van der Waals surface area (Å²) in [6, 6.07) is -5.80. The molecule has 4 rings (SSSR count). The first kappa shape index (κ1) is 4.60. The van der Waals surface area contributed by atoms with Gasteiger partial charge in [0.15, 0.2) is 0 Å². The summed E-state index contributed by atoms with van der Waals surface area (Å²) in [7, 11) is 0.